The number of fused-ring (bicyclic) bond motifs is 4. The van der Waals surface area contributed by atoms with Crippen LogP contribution in [0.4, 0.5) is 11.4 Å². The summed E-state index contributed by atoms with van der Waals surface area (Å²) in [4.78, 5) is 40.1. The lowest BCUT2D eigenvalue weighted by atomic mass is 9.95. The van der Waals surface area contributed by atoms with E-state index in [1.807, 2.05) is 68.1 Å². The van der Waals surface area contributed by atoms with Crippen molar-refractivity contribution in [2.45, 2.75) is 52.1 Å². The predicted octanol–water partition coefficient (Wildman–Crippen LogP) is 5.82. The first kappa shape index (κ1) is 32.4. The molecule has 0 radical (unpaired) electrons. The molecule has 0 aliphatic heterocycles. The summed E-state index contributed by atoms with van der Waals surface area (Å²) in [6.07, 6.45) is 3.81. The Morgan fingerprint density at radius 3 is 2.43 bits per heavy atom. The van der Waals surface area contributed by atoms with Gasteiger partial charge in [0.15, 0.2) is 11.5 Å². The molecule has 1 aliphatic carbocycles. The van der Waals surface area contributed by atoms with E-state index >= 15 is 0 Å². The Morgan fingerprint density at radius 1 is 1.00 bits per heavy atom. The summed E-state index contributed by atoms with van der Waals surface area (Å²) in [5.74, 6) is 0.894. The average molecular weight is 627 g/mol. The van der Waals surface area contributed by atoms with Crippen molar-refractivity contribution < 1.29 is 23.8 Å². The SMILES string of the molecule is CCC(C)C(Nc1ccc2c(cc1=O)C(NC(C)=O)CCc1cc(OC)c(OC)c(OC)c1-2)C(=O)Nc1cccc2c1ccn2C. The Kier molecular flexibility index (Phi) is 9.55. The quantitative estimate of drug-likeness (QED) is 0.203. The molecule has 3 atom stereocenters. The van der Waals surface area contributed by atoms with Crippen LogP contribution in [0.2, 0.25) is 0 Å². The van der Waals surface area contributed by atoms with E-state index in [9.17, 15) is 14.4 Å². The lowest BCUT2D eigenvalue weighted by Gasteiger charge is -2.24. The first-order chi connectivity index (χ1) is 22.1. The molecule has 0 spiro atoms. The normalized spacial score (nSPS) is 15.1. The molecular formula is C36H42N4O6. The Bertz CT molecular complexity index is 1850. The van der Waals surface area contributed by atoms with Gasteiger partial charge in [-0.3, -0.25) is 14.4 Å². The zero-order chi connectivity index (χ0) is 33.1. The molecule has 1 aromatic heterocycles. The van der Waals surface area contributed by atoms with Gasteiger partial charge in [-0.1, -0.05) is 32.4 Å². The smallest absolute Gasteiger partial charge is 0.247 e. The largest absolute Gasteiger partial charge is 0.493 e. The summed E-state index contributed by atoms with van der Waals surface area (Å²) in [5.41, 5.74) is 4.74. The van der Waals surface area contributed by atoms with Crippen LogP contribution in [-0.4, -0.2) is 43.8 Å². The maximum Gasteiger partial charge on any atom is 0.247 e. The van der Waals surface area contributed by atoms with Crippen molar-refractivity contribution in [3.05, 3.63) is 76.1 Å². The Balaban J connectivity index is 1.61. The topological polar surface area (TPSA) is 120 Å². The third-order valence-corrected chi connectivity index (χ3v) is 8.91. The summed E-state index contributed by atoms with van der Waals surface area (Å²) in [7, 11) is 6.64. The van der Waals surface area contributed by atoms with Crippen molar-refractivity contribution in [1.29, 1.82) is 0 Å². The maximum atomic E-state index is 13.9. The van der Waals surface area contributed by atoms with Gasteiger partial charge in [0.1, 0.15) is 6.04 Å². The number of anilines is 2. The van der Waals surface area contributed by atoms with Crippen LogP contribution in [-0.2, 0) is 23.1 Å². The van der Waals surface area contributed by atoms with Crippen LogP contribution in [0.1, 0.15) is 50.8 Å². The van der Waals surface area contributed by atoms with Gasteiger partial charge in [-0.2, -0.15) is 0 Å². The number of aryl methyl sites for hydroxylation is 2. The first-order valence-corrected chi connectivity index (χ1v) is 15.5. The van der Waals surface area contributed by atoms with Gasteiger partial charge in [0.05, 0.1) is 38.7 Å². The number of carbonyl (C=O) groups excluding carboxylic acids is 2. The molecule has 4 aromatic rings. The van der Waals surface area contributed by atoms with Gasteiger partial charge < -0.3 is 34.7 Å². The predicted molar refractivity (Wildman–Crippen MR) is 181 cm³/mol. The molecule has 46 heavy (non-hydrogen) atoms. The zero-order valence-corrected chi connectivity index (χ0v) is 27.4. The molecule has 10 heteroatoms. The summed E-state index contributed by atoms with van der Waals surface area (Å²) < 4.78 is 19.2. The molecule has 0 bridgehead atoms. The summed E-state index contributed by atoms with van der Waals surface area (Å²) in [6.45, 7) is 5.46. The minimum atomic E-state index is -0.698. The van der Waals surface area contributed by atoms with Crippen molar-refractivity contribution in [1.82, 2.24) is 9.88 Å². The number of methoxy groups -OCH3 is 3. The number of aromatic nitrogens is 1. The van der Waals surface area contributed by atoms with Crippen molar-refractivity contribution in [3.8, 4) is 28.4 Å². The number of hydrogen-bond donors (Lipinski definition) is 3. The van der Waals surface area contributed by atoms with Crippen LogP contribution in [0.25, 0.3) is 22.0 Å². The van der Waals surface area contributed by atoms with E-state index in [1.165, 1.54) is 6.92 Å². The second kappa shape index (κ2) is 13.6. The summed E-state index contributed by atoms with van der Waals surface area (Å²) in [6, 6.07) is 13.6. The van der Waals surface area contributed by atoms with Crippen LogP contribution in [0.3, 0.4) is 0 Å². The van der Waals surface area contributed by atoms with E-state index in [4.69, 9.17) is 14.2 Å². The summed E-state index contributed by atoms with van der Waals surface area (Å²) in [5, 5.41) is 10.3. The van der Waals surface area contributed by atoms with Gasteiger partial charge >= 0.3 is 0 Å². The van der Waals surface area contributed by atoms with Crippen molar-refractivity contribution in [2.24, 2.45) is 13.0 Å². The van der Waals surface area contributed by atoms with Crippen LogP contribution in [0.15, 0.2) is 59.5 Å². The number of nitrogens with zero attached hydrogens (tertiary/aromatic N) is 1. The molecule has 2 amide bonds. The number of carbonyl (C=O) groups is 2. The molecule has 3 N–H and O–H groups in total. The highest BCUT2D eigenvalue weighted by molar-refractivity contribution is 6.04. The van der Waals surface area contributed by atoms with E-state index in [0.717, 1.165) is 27.6 Å². The molecule has 0 fully saturated rings. The van der Waals surface area contributed by atoms with E-state index < -0.39 is 12.1 Å². The van der Waals surface area contributed by atoms with Crippen LogP contribution >= 0.6 is 0 Å². The number of nitrogens with one attached hydrogen (secondary N) is 3. The third kappa shape index (κ3) is 6.11. The highest BCUT2D eigenvalue weighted by atomic mass is 16.5. The van der Waals surface area contributed by atoms with Crippen LogP contribution in [0, 0.1) is 5.92 Å². The fourth-order valence-electron chi connectivity index (χ4n) is 6.32. The molecule has 0 saturated carbocycles. The highest BCUT2D eigenvalue weighted by Crippen LogP contribution is 2.50. The van der Waals surface area contributed by atoms with Crippen molar-refractivity contribution in [2.75, 3.05) is 32.0 Å². The van der Waals surface area contributed by atoms with Gasteiger partial charge in [0.25, 0.3) is 0 Å². The van der Waals surface area contributed by atoms with Crippen LogP contribution < -0.4 is 35.6 Å². The Morgan fingerprint density at radius 2 is 1.76 bits per heavy atom. The molecule has 10 nitrogen and oxygen atoms in total. The fraction of sp³-hybridized carbons (Fsp3) is 0.361. The average Bonchev–Trinajstić information content (AvgIpc) is 3.27. The molecule has 242 valence electrons. The molecule has 3 aromatic carbocycles. The van der Waals surface area contributed by atoms with Gasteiger partial charge in [0.2, 0.25) is 23.0 Å². The molecule has 3 unspecified atom stereocenters. The molecule has 0 saturated heterocycles. The van der Waals surface area contributed by atoms with Gasteiger partial charge in [0, 0.05) is 36.6 Å². The number of hydrogen-bond acceptors (Lipinski definition) is 7. The minimum absolute atomic E-state index is 0.0950. The highest BCUT2D eigenvalue weighted by Gasteiger charge is 2.30. The molecular weight excluding hydrogens is 584 g/mol. The second-order valence-corrected chi connectivity index (χ2v) is 11.8. The lowest BCUT2D eigenvalue weighted by molar-refractivity contribution is -0.120. The van der Waals surface area contributed by atoms with Gasteiger partial charge in [-0.05, 0) is 71.8 Å². The second-order valence-electron chi connectivity index (χ2n) is 11.8. The first-order valence-electron chi connectivity index (χ1n) is 15.5. The minimum Gasteiger partial charge on any atom is -0.493 e. The number of ether oxygens (including phenoxy) is 3. The Labute approximate surface area is 269 Å². The van der Waals surface area contributed by atoms with Crippen LogP contribution in [0.5, 0.6) is 17.2 Å². The zero-order valence-electron chi connectivity index (χ0n) is 27.4. The monoisotopic (exact) mass is 626 g/mol. The lowest BCUT2D eigenvalue weighted by Crippen LogP contribution is -2.40. The van der Waals surface area contributed by atoms with E-state index in [2.05, 4.69) is 16.0 Å². The number of benzene rings is 2. The standard InChI is InChI=1S/C36H42N4O6/c1-8-20(2)33(36(43)39-26-10-9-11-29-24(26)16-17-40(29)4)38-28-15-13-23-25(19-30(28)42)27(37-21(3)41)14-12-22-18-31(44-5)34(45-6)35(46-7)32(22)23/h9-11,13,15-20,27,33H,8,12,14H2,1-7H3,(H,37,41)(H,38,42)(H,39,43). The number of amides is 2. The fourth-order valence-corrected chi connectivity index (χ4v) is 6.32. The Hall–Kier alpha value is -4.99. The van der Waals surface area contributed by atoms with Crippen molar-refractivity contribution >= 4 is 34.1 Å². The number of rotatable bonds is 10. The van der Waals surface area contributed by atoms with Gasteiger partial charge in [-0.25, -0.2) is 0 Å². The molecule has 5 rings (SSSR count). The van der Waals surface area contributed by atoms with E-state index in [1.54, 1.807) is 33.5 Å². The van der Waals surface area contributed by atoms with E-state index in [-0.39, 0.29) is 28.8 Å². The molecule has 1 heterocycles. The molecule has 1 aliphatic rings. The van der Waals surface area contributed by atoms with Crippen molar-refractivity contribution in [3.63, 3.8) is 0 Å². The summed E-state index contributed by atoms with van der Waals surface area (Å²) >= 11 is 0. The van der Waals surface area contributed by atoms with Gasteiger partial charge in [-0.15, -0.1) is 0 Å². The van der Waals surface area contributed by atoms with E-state index in [0.29, 0.717) is 47.8 Å². The maximum absolute atomic E-state index is 13.9. The third-order valence-electron chi connectivity index (χ3n) is 8.91.